The number of ether oxygens (including phenoxy) is 1. The Bertz CT molecular complexity index is 657. The Kier molecular flexibility index (Phi) is 2.46. The zero-order valence-electron chi connectivity index (χ0n) is 11.7. The number of carbonyl (C=O) groups excluding carboxylic acids is 1. The van der Waals surface area contributed by atoms with Crippen molar-refractivity contribution in [2.75, 3.05) is 0 Å². The first-order chi connectivity index (χ1) is 10.2. The molecule has 3 nitrogen and oxygen atoms in total. The Balaban J connectivity index is 1.88. The molecule has 2 saturated carbocycles. The fourth-order valence-corrected chi connectivity index (χ4v) is 6.72. The molecule has 0 amide bonds. The number of rotatable bonds is 1. The van der Waals surface area contributed by atoms with Crippen molar-refractivity contribution in [1.29, 1.82) is 0 Å². The number of Topliss-reactive ketones (excluding diaryl/α,β-unsaturated/α-hetero) is 1. The molecule has 0 N–H and O–H groups in total. The van der Waals surface area contributed by atoms with Gasteiger partial charge in [0, 0.05) is 12.0 Å². The van der Waals surface area contributed by atoms with Crippen LogP contribution in [0, 0.1) is 5.92 Å². The highest BCUT2D eigenvalue weighted by atomic mass is 127. The maximum absolute atomic E-state index is 12.6. The number of halogens is 1. The topological polar surface area (TPSA) is 35.5 Å². The summed E-state index contributed by atoms with van der Waals surface area (Å²) >= 11 is 2.09. The minimum atomic E-state index is -0.319. The smallest absolute Gasteiger partial charge is 0.174 e. The quantitative estimate of drug-likeness (QED) is 0.682. The maximum Gasteiger partial charge on any atom is 0.174 e. The van der Waals surface area contributed by atoms with Crippen LogP contribution in [0.3, 0.4) is 0 Å². The molecule has 2 bridgehead atoms. The average Bonchev–Trinajstić information content (AvgIpc) is 2.83. The normalized spacial score (nSPS) is 42.4. The molecule has 4 heteroatoms. The second-order valence-corrected chi connectivity index (χ2v) is 7.43. The summed E-state index contributed by atoms with van der Waals surface area (Å²) in [5, 5.41) is 0. The van der Waals surface area contributed by atoms with E-state index >= 15 is 0 Å². The SMILES string of the molecule is O=C1CC[C@@]2(OI)[C@@H]3CCC[C@@]24c2c(cccc2O[C@@H]14)C3. The van der Waals surface area contributed by atoms with E-state index in [9.17, 15) is 4.79 Å². The minimum Gasteiger partial charge on any atom is -0.481 e. The Hall–Kier alpha value is -0.620. The number of hydrogen-bond donors (Lipinski definition) is 0. The first-order valence-electron chi connectivity index (χ1n) is 7.84. The highest BCUT2D eigenvalue weighted by Gasteiger charge is 2.72. The fourth-order valence-electron chi connectivity index (χ4n) is 5.75. The summed E-state index contributed by atoms with van der Waals surface area (Å²) in [6, 6.07) is 6.33. The van der Waals surface area contributed by atoms with Gasteiger partial charge in [0.2, 0.25) is 0 Å². The lowest BCUT2D eigenvalue weighted by atomic mass is 9.46. The van der Waals surface area contributed by atoms with Gasteiger partial charge in [-0.2, -0.15) is 0 Å². The van der Waals surface area contributed by atoms with Gasteiger partial charge in [-0.1, -0.05) is 18.6 Å². The third-order valence-corrected chi connectivity index (χ3v) is 7.21. The van der Waals surface area contributed by atoms with E-state index in [4.69, 9.17) is 7.80 Å². The molecule has 5 rings (SSSR count). The van der Waals surface area contributed by atoms with Gasteiger partial charge in [-0.3, -0.25) is 4.79 Å². The summed E-state index contributed by atoms with van der Waals surface area (Å²) in [6.07, 6.45) is 5.59. The van der Waals surface area contributed by atoms with Gasteiger partial charge in [0.05, 0.1) is 11.0 Å². The number of hydrogen-bond acceptors (Lipinski definition) is 3. The van der Waals surface area contributed by atoms with Crippen LogP contribution in [0.2, 0.25) is 0 Å². The van der Waals surface area contributed by atoms with E-state index in [1.807, 2.05) is 6.07 Å². The zero-order valence-corrected chi connectivity index (χ0v) is 13.9. The van der Waals surface area contributed by atoms with Gasteiger partial charge in [0.1, 0.15) is 28.8 Å². The van der Waals surface area contributed by atoms with Gasteiger partial charge < -0.3 is 7.80 Å². The van der Waals surface area contributed by atoms with Crippen molar-refractivity contribution in [3.05, 3.63) is 29.3 Å². The molecular formula is C17H17IO3. The van der Waals surface area contributed by atoms with Crippen molar-refractivity contribution in [3.8, 4) is 5.75 Å². The Morgan fingerprint density at radius 3 is 3.10 bits per heavy atom. The second-order valence-electron chi connectivity index (χ2n) is 6.99. The van der Waals surface area contributed by atoms with Crippen LogP contribution in [0.4, 0.5) is 0 Å². The minimum absolute atomic E-state index is 0.204. The monoisotopic (exact) mass is 396 g/mol. The standard InChI is InChI=1S/C17H17IO3/c18-21-17-8-6-12(19)15-16(17)7-2-4-11(17)9-10-3-1-5-13(20-15)14(10)16/h1,3,5,11,15H,2,4,6-9H2/t11-,15+,16+,17-/m1/s1. The summed E-state index contributed by atoms with van der Waals surface area (Å²) in [7, 11) is 0. The number of carbonyl (C=O) groups is 1. The van der Waals surface area contributed by atoms with Crippen molar-refractivity contribution in [1.82, 2.24) is 0 Å². The lowest BCUT2D eigenvalue weighted by Gasteiger charge is -2.60. The molecule has 1 aromatic rings. The molecule has 1 aromatic carbocycles. The third kappa shape index (κ3) is 1.25. The van der Waals surface area contributed by atoms with Crippen LogP contribution >= 0.6 is 23.0 Å². The fraction of sp³-hybridized carbons (Fsp3) is 0.588. The Morgan fingerprint density at radius 2 is 2.24 bits per heavy atom. The molecule has 3 aliphatic carbocycles. The van der Waals surface area contributed by atoms with E-state index in [1.54, 1.807) is 0 Å². The van der Waals surface area contributed by atoms with Crippen LogP contribution < -0.4 is 4.74 Å². The van der Waals surface area contributed by atoms with Crippen LogP contribution in [0.25, 0.3) is 0 Å². The molecule has 0 aromatic heterocycles. The molecule has 0 radical (unpaired) electrons. The van der Waals surface area contributed by atoms with E-state index in [-0.39, 0.29) is 22.9 Å². The van der Waals surface area contributed by atoms with Crippen LogP contribution in [-0.4, -0.2) is 17.5 Å². The van der Waals surface area contributed by atoms with E-state index in [2.05, 4.69) is 35.1 Å². The molecule has 21 heavy (non-hydrogen) atoms. The molecule has 0 saturated heterocycles. The van der Waals surface area contributed by atoms with E-state index < -0.39 is 0 Å². The summed E-state index contributed by atoms with van der Waals surface area (Å²) < 4.78 is 12.4. The van der Waals surface area contributed by atoms with Crippen LogP contribution in [0.5, 0.6) is 5.75 Å². The molecule has 1 heterocycles. The van der Waals surface area contributed by atoms with Crippen molar-refractivity contribution < 1.29 is 12.6 Å². The van der Waals surface area contributed by atoms with E-state index in [0.29, 0.717) is 12.3 Å². The highest BCUT2D eigenvalue weighted by Crippen LogP contribution is 2.67. The molecule has 110 valence electrons. The Labute approximate surface area is 138 Å². The molecule has 1 spiro atoms. The van der Waals surface area contributed by atoms with Gasteiger partial charge in [0.15, 0.2) is 11.9 Å². The largest absolute Gasteiger partial charge is 0.481 e. The predicted molar refractivity (Wildman–Crippen MR) is 85.7 cm³/mol. The van der Waals surface area contributed by atoms with Crippen LogP contribution in [0.1, 0.15) is 43.2 Å². The molecule has 4 aliphatic rings. The maximum atomic E-state index is 12.6. The van der Waals surface area contributed by atoms with E-state index in [0.717, 1.165) is 25.0 Å². The molecule has 4 atom stereocenters. The van der Waals surface area contributed by atoms with Crippen molar-refractivity contribution >= 4 is 28.8 Å². The first kappa shape index (κ1) is 12.9. The predicted octanol–water partition coefficient (Wildman–Crippen LogP) is 3.51. The van der Waals surface area contributed by atoms with Gasteiger partial charge >= 0.3 is 0 Å². The van der Waals surface area contributed by atoms with Gasteiger partial charge in [0.25, 0.3) is 0 Å². The molecule has 0 unspecified atom stereocenters. The average molecular weight is 396 g/mol. The van der Waals surface area contributed by atoms with Gasteiger partial charge in [-0.05, 0) is 43.2 Å². The zero-order chi connectivity index (χ0) is 14.2. The van der Waals surface area contributed by atoms with Crippen LogP contribution in [-0.2, 0) is 19.7 Å². The van der Waals surface area contributed by atoms with Gasteiger partial charge in [-0.25, -0.2) is 0 Å². The highest BCUT2D eigenvalue weighted by molar-refractivity contribution is 14.1. The summed E-state index contributed by atoms with van der Waals surface area (Å²) in [5.74, 6) is 1.72. The number of benzene rings is 1. The van der Waals surface area contributed by atoms with Crippen molar-refractivity contribution in [2.24, 2.45) is 5.92 Å². The number of ketones is 1. The summed E-state index contributed by atoms with van der Waals surface area (Å²) in [6.45, 7) is 0. The lowest BCUT2D eigenvalue weighted by Crippen LogP contribution is -2.70. The summed E-state index contributed by atoms with van der Waals surface area (Å²) in [5.41, 5.74) is 2.26. The third-order valence-electron chi connectivity index (χ3n) is 6.43. The summed E-state index contributed by atoms with van der Waals surface area (Å²) in [4.78, 5) is 12.6. The van der Waals surface area contributed by atoms with E-state index in [1.165, 1.54) is 24.0 Å². The van der Waals surface area contributed by atoms with Crippen LogP contribution in [0.15, 0.2) is 18.2 Å². The first-order valence-corrected chi connectivity index (χ1v) is 8.72. The molecular weight excluding hydrogens is 379 g/mol. The second kappa shape index (κ2) is 4.02. The lowest BCUT2D eigenvalue weighted by molar-refractivity contribution is -0.158. The molecule has 2 fully saturated rings. The van der Waals surface area contributed by atoms with Crippen molar-refractivity contribution in [2.45, 2.75) is 55.6 Å². The molecule has 1 aliphatic heterocycles. The van der Waals surface area contributed by atoms with Crippen molar-refractivity contribution in [3.63, 3.8) is 0 Å². The van der Waals surface area contributed by atoms with Gasteiger partial charge in [-0.15, -0.1) is 0 Å². The Morgan fingerprint density at radius 1 is 1.33 bits per heavy atom.